The Balaban J connectivity index is 3.12. The van der Waals surface area contributed by atoms with Gasteiger partial charge in [0.05, 0.1) is 13.2 Å². The van der Waals surface area contributed by atoms with Crippen molar-refractivity contribution in [3.8, 4) is 0 Å². The minimum atomic E-state index is 0.478. The third-order valence-corrected chi connectivity index (χ3v) is 0.777. The van der Waals surface area contributed by atoms with E-state index in [1.54, 1.807) is 6.08 Å². The molecule has 0 aliphatic heterocycles. The zero-order valence-corrected chi connectivity index (χ0v) is 6.17. The maximum Gasteiger partial charge on any atom is 0.142 e. The molecule has 0 aliphatic carbocycles. The van der Waals surface area contributed by atoms with E-state index in [0.29, 0.717) is 13.2 Å². The Kier molecular flexibility index (Phi) is 5.68. The van der Waals surface area contributed by atoms with Gasteiger partial charge < -0.3 is 4.74 Å². The summed E-state index contributed by atoms with van der Waals surface area (Å²) in [6.07, 6.45) is 3.80. The van der Waals surface area contributed by atoms with Crippen molar-refractivity contribution in [1.29, 1.82) is 0 Å². The zero-order valence-electron chi connectivity index (χ0n) is 6.17. The lowest BCUT2D eigenvalue weighted by Crippen LogP contribution is -1.93. The Morgan fingerprint density at radius 2 is 2.40 bits per heavy atom. The monoisotopic (exact) mass is 140 g/mol. The lowest BCUT2D eigenvalue weighted by atomic mass is 10.4. The number of carbonyl (C=O) groups is 1. The molecule has 0 N–H and O–H groups in total. The molecule has 0 fully saturated rings. The highest BCUT2D eigenvalue weighted by atomic mass is 16.5. The molecule has 10 heavy (non-hydrogen) atoms. The van der Waals surface area contributed by atoms with Crippen LogP contribution in [0.1, 0.15) is 6.92 Å². The van der Waals surface area contributed by atoms with Crippen LogP contribution in [-0.4, -0.2) is 19.5 Å². The van der Waals surface area contributed by atoms with Crippen molar-refractivity contribution < 1.29 is 9.53 Å². The predicted molar refractivity (Wildman–Crippen MR) is 40.8 cm³/mol. The van der Waals surface area contributed by atoms with Gasteiger partial charge in [0.15, 0.2) is 0 Å². The number of aldehydes is 1. The largest absolute Gasteiger partial charge is 0.373 e. The summed E-state index contributed by atoms with van der Waals surface area (Å²) in [4.78, 5) is 9.74. The molecule has 0 bridgehead atoms. The molecule has 2 heteroatoms. The van der Waals surface area contributed by atoms with Crippen molar-refractivity contribution in [2.75, 3.05) is 13.2 Å². The van der Waals surface area contributed by atoms with Gasteiger partial charge in [-0.1, -0.05) is 18.2 Å². The first kappa shape index (κ1) is 9.11. The molecule has 0 unspecified atom stereocenters. The molecule has 0 spiro atoms. The fourth-order valence-corrected chi connectivity index (χ4v) is 0.412. The van der Waals surface area contributed by atoms with Gasteiger partial charge in [0.1, 0.15) is 6.29 Å². The van der Waals surface area contributed by atoms with Crippen LogP contribution in [0.5, 0.6) is 0 Å². The third kappa shape index (κ3) is 7.11. The van der Waals surface area contributed by atoms with E-state index in [4.69, 9.17) is 4.74 Å². The van der Waals surface area contributed by atoms with Crippen LogP contribution in [0.25, 0.3) is 0 Å². The first-order valence-electron chi connectivity index (χ1n) is 3.10. The molecule has 2 nitrogen and oxygen atoms in total. The van der Waals surface area contributed by atoms with Crippen LogP contribution in [0, 0.1) is 0 Å². The summed E-state index contributed by atoms with van der Waals surface area (Å²) in [6, 6.07) is 0. The molecular weight excluding hydrogens is 128 g/mol. The van der Waals surface area contributed by atoms with Crippen LogP contribution < -0.4 is 0 Å². The van der Waals surface area contributed by atoms with Gasteiger partial charge in [-0.05, 0) is 13.0 Å². The van der Waals surface area contributed by atoms with Crippen molar-refractivity contribution >= 4 is 6.29 Å². The fourth-order valence-electron chi connectivity index (χ4n) is 0.412. The van der Waals surface area contributed by atoms with Crippen LogP contribution in [0.15, 0.2) is 24.3 Å². The second-order valence-electron chi connectivity index (χ2n) is 2.04. The number of carbonyl (C=O) groups excluding carboxylic acids is 1. The van der Waals surface area contributed by atoms with Gasteiger partial charge >= 0.3 is 0 Å². The highest BCUT2D eigenvalue weighted by Crippen LogP contribution is 1.87. The average Bonchev–Trinajstić information content (AvgIpc) is 1.87. The lowest BCUT2D eigenvalue weighted by molar-refractivity contribution is -0.104. The number of rotatable bonds is 5. The third-order valence-electron chi connectivity index (χ3n) is 0.777. The van der Waals surface area contributed by atoms with Crippen LogP contribution in [0.2, 0.25) is 0 Å². The Morgan fingerprint density at radius 1 is 1.70 bits per heavy atom. The summed E-state index contributed by atoms with van der Waals surface area (Å²) < 4.78 is 5.05. The van der Waals surface area contributed by atoms with E-state index < -0.39 is 0 Å². The van der Waals surface area contributed by atoms with Crippen LogP contribution in [0.3, 0.4) is 0 Å². The molecule has 0 radical (unpaired) electrons. The smallest absolute Gasteiger partial charge is 0.142 e. The van der Waals surface area contributed by atoms with E-state index in [1.165, 1.54) is 6.08 Å². The Labute approximate surface area is 61.2 Å². The molecule has 56 valence electrons. The minimum absolute atomic E-state index is 0.478. The van der Waals surface area contributed by atoms with Gasteiger partial charge in [-0.15, -0.1) is 0 Å². The summed E-state index contributed by atoms with van der Waals surface area (Å²) in [7, 11) is 0. The zero-order chi connectivity index (χ0) is 7.82. The number of allylic oxidation sites excluding steroid dienone is 1. The normalized spacial score (nSPS) is 10.1. The predicted octanol–water partition coefficient (Wildman–Crippen LogP) is 1.33. The Morgan fingerprint density at radius 3 is 2.90 bits per heavy atom. The summed E-state index contributed by atoms with van der Waals surface area (Å²) >= 11 is 0. The van der Waals surface area contributed by atoms with Crippen LogP contribution in [-0.2, 0) is 9.53 Å². The topological polar surface area (TPSA) is 26.3 Å². The van der Waals surface area contributed by atoms with Gasteiger partial charge in [-0.25, -0.2) is 0 Å². The van der Waals surface area contributed by atoms with Crippen LogP contribution >= 0.6 is 0 Å². The highest BCUT2D eigenvalue weighted by molar-refractivity contribution is 5.64. The Bertz CT molecular complexity index is 136. The second-order valence-corrected chi connectivity index (χ2v) is 2.04. The molecule has 0 amide bonds. The van der Waals surface area contributed by atoms with E-state index in [9.17, 15) is 4.79 Å². The van der Waals surface area contributed by atoms with E-state index in [0.717, 1.165) is 11.9 Å². The van der Waals surface area contributed by atoms with Crippen molar-refractivity contribution in [2.45, 2.75) is 6.92 Å². The van der Waals surface area contributed by atoms with E-state index in [2.05, 4.69) is 6.58 Å². The summed E-state index contributed by atoms with van der Waals surface area (Å²) in [5.74, 6) is 0. The van der Waals surface area contributed by atoms with Gasteiger partial charge in [0, 0.05) is 0 Å². The number of hydrogen-bond donors (Lipinski definition) is 0. The molecule has 0 aromatic rings. The highest BCUT2D eigenvalue weighted by Gasteiger charge is 1.82. The number of ether oxygens (including phenoxy) is 1. The molecule has 0 aromatic heterocycles. The van der Waals surface area contributed by atoms with Gasteiger partial charge in [0.2, 0.25) is 0 Å². The molecule has 0 rings (SSSR count). The number of hydrogen-bond acceptors (Lipinski definition) is 2. The minimum Gasteiger partial charge on any atom is -0.373 e. The summed E-state index contributed by atoms with van der Waals surface area (Å²) in [5, 5.41) is 0. The van der Waals surface area contributed by atoms with Gasteiger partial charge in [-0.2, -0.15) is 0 Å². The first-order chi connectivity index (χ1) is 4.77. The van der Waals surface area contributed by atoms with Crippen LogP contribution in [0.4, 0.5) is 0 Å². The van der Waals surface area contributed by atoms with E-state index in [-0.39, 0.29) is 0 Å². The lowest BCUT2D eigenvalue weighted by Gasteiger charge is -1.97. The molecule has 0 saturated carbocycles. The molecule has 0 heterocycles. The molecule has 0 saturated heterocycles. The van der Waals surface area contributed by atoms with Crippen molar-refractivity contribution in [2.24, 2.45) is 0 Å². The van der Waals surface area contributed by atoms with E-state index in [1.807, 2.05) is 6.92 Å². The molecule has 0 atom stereocenters. The standard InChI is InChI=1S/C8H12O2/c1-8(2)7-10-6-4-3-5-9/h3-5H,1,6-7H2,2H3. The molecular formula is C8H12O2. The second kappa shape index (κ2) is 6.23. The maximum absolute atomic E-state index is 9.74. The van der Waals surface area contributed by atoms with Crippen molar-refractivity contribution in [1.82, 2.24) is 0 Å². The molecule has 0 aromatic carbocycles. The quantitative estimate of drug-likeness (QED) is 0.249. The van der Waals surface area contributed by atoms with Gasteiger partial charge in [0.25, 0.3) is 0 Å². The molecule has 0 aliphatic rings. The first-order valence-corrected chi connectivity index (χ1v) is 3.10. The fraction of sp³-hybridized carbons (Fsp3) is 0.375. The average molecular weight is 140 g/mol. The van der Waals surface area contributed by atoms with Crippen molar-refractivity contribution in [3.05, 3.63) is 24.3 Å². The van der Waals surface area contributed by atoms with Crippen molar-refractivity contribution in [3.63, 3.8) is 0 Å². The van der Waals surface area contributed by atoms with E-state index >= 15 is 0 Å². The SMILES string of the molecule is C=C(C)COCC=CC=O. The summed E-state index contributed by atoms with van der Waals surface area (Å²) in [5.41, 5.74) is 0.986. The Hall–Kier alpha value is -0.890. The maximum atomic E-state index is 9.74. The summed E-state index contributed by atoms with van der Waals surface area (Å²) in [6.45, 7) is 6.58. The van der Waals surface area contributed by atoms with Gasteiger partial charge in [-0.3, -0.25) is 4.79 Å².